The SMILES string of the molecule is CCCCCCNCCn1nnc2c(cnn2C)c1=O. The number of fused-ring (bicyclic) bond motifs is 1. The maximum Gasteiger partial charge on any atom is 0.280 e. The minimum Gasteiger partial charge on any atom is -0.315 e. The van der Waals surface area contributed by atoms with Gasteiger partial charge in [0.2, 0.25) is 0 Å². The fourth-order valence-electron chi connectivity index (χ4n) is 2.11. The van der Waals surface area contributed by atoms with E-state index in [0.29, 0.717) is 17.6 Å². The number of nitrogens with one attached hydrogen (secondary N) is 1. The molecule has 2 aromatic rings. The standard InChI is InChI=1S/C13H22N6O/c1-3-4-5-6-7-14-8-9-19-13(20)11-10-15-18(2)12(11)16-17-19/h10,14H,3-9H2,1-2H3. The Hall–Kier alpha value is -1.76. The molecule has 0 bridgehead atoms. The molecule has 0 spiro atoms. The summed E-state index contributed by atoms with van der Waals surface area (Å²) >= 11 is 0. The van der Waals surface area contributed by atoms with Gasteiger partial charge in [-0.15, -0.1) is 5.10 Å². The fourth-order valence-corrected chi connectivity index (χ4v) is 2.11. The Morgan fingerprint density at radius 3 is 2.90 bits per heavy atom. The molecule has 0 fully saturated rings. The van der Waals surface area contributed by atoms with Crippen molar-refractivity contribution in [3.8, 4) is 0 Å². The van der Waals surface area contributed by atoms with Crippen LogP contribution in [0.3, 0.4) is 0 Å². The van der Waals surface area contributed by atoms with Crippen LogP contribution < -0.4 is 10.9 Å². The Morgan fingerprint density at radius 1 is 1.25 bits per heavy atom. The lowest BCUT2D eigenvalue weighted by atomic mass is 10.2. The van der Waals surface area contributed by atoms with E-state index in [0.717, 1.165) is 13.1 Å². The second kappa shape index (κ2) is 7.14. The van der Waals surface area contributed by atoms with Gasteiger partial charge in [0.05, 0.1) is 12.7 Å². The zero-order valence-corrected chi connectivity index (χ0v) is 12.2. The molecule has 0 saturated carbocycles. The third-order valence-electron chi connectivity index (χ3n) is 3.33. The van der Waals surface area contributed by atoms with Crippen LogP contribution in [-0.2, 0) is 13.6 Å². The summed E-state index contributed by atoms with van der Waals surface area (Å²) in [6.07, 6.45) is 6.50. The lowest BCUT2D eigenvalue weighted by Gasteiger charge is -2.05. The van der Waals surface area contributed by atoms with Crippen LogP contribution in [0.25, 0.3) is 11.0 Å². The van der Waals surface area contributed by atoms with Gasteiger partial charge in [-0.3, -0.25) is 4.79 Å². The molecule has 2 rings (SSSR count). The maximum atomic E-state index is 12.1. The Balaban J connectivity index is 1.84. The average molecular weight is 278 g/mol. The molecule has 110 valence electrons. The van der Waals surface area contributed by atoms with Gasteiger partial charge in [-0.25, -0.2) is 9.36 Å². The normalized spacial score (nSPS) is 11.3. The predicted octanol–water partition coefficient (Wildman–Crippen LogP) is 0.695. The summed E-state index contributed by atoms with van der Waals surface area (Å²) < 4.78 is 2.95. The van der Waals surface area contributed by atoms with Crippen molar-refractivity contribution in [2.45, 2.75) is 39.2 Å². The van der Waals surface area contributed by atoms with Gasteiger partial charge in [-0.1, -0.05) is 31.4 Å². The van der Waals surface area contributed by atoms with Crippen LogP contribution in [0, 0.1) is 0 Å². The summed E-state index contributed by atoms with van der Waals surface area (Å²) in [5.41, 5.74) is 0.398. The fraction of sp³-hybridized carbons (Fsp3) is 0.692. The number of rotatable bonds is 8. The summed E-state index contributed by atoms with van der Waals surface area (Å²) in [5, 5.41) is 15.8. The van der Waals surface area contributed by atoms with E-state index in [-0.39, 0.29) is 5.56 Å². The largest absolute Gasteiger partial charge is 0.315 e. The molecular formula is C13H22N6O. The van der Waals surface area contributed by atoms with Crippen molar-refractivity contribution in [3.05, 3.63) is 16.6 Å². The topological polar surface area (TPSA) is 77.6 Å². The minimum absolute atomic E-state index is 0.129. The molecule has 0 aromatic carbocycles. The first-order chi connectivity index (χ1) is 9.74. The first-order valence-electron chi connectivity index (χ1n) is 7.20. The van der Waals surface area contributed by atoms with Crippen LogP contribution in [0.1, 0.15) is 32.6 Å². The number of nitrogens with zero attached hydrogens (tertiary/aromatic N) is 5. The summed E-state index contributed by atoms with van der Waals surface area (Å²) in [6.45, 7) is 4.45. The quantitative estimate of drug-likeness (QED) is 0.719. The molecule has 20 heavy (non-hydrogen) atoms. The maximum absolute atomic E-state index is 12.1. The summed E-state index contributed by atoms with van der Waals surface area (Å²) in [6, 6.07) is 0. The molecule has 0 radical (unpaired) electrons. The number of aromatic nitrogens is 5. The molecule has 0 aliphatic carbocycles. The molecule has 0 unspecified atom stereocenters. The molecule has 0 saturated heterocycles. The van der Waals surface area contributed by atoms with Gasteiger partial charge in [-0.2, -0.15) is 5.10 Å². The second-order valence-electron chi connectivity index (χ2n) is 4.93. The Morgan fingerprint density at radius 2 is 2.10 bits per heavy atom. The number of unbranched alkanes of at least 4 members (excludes halogenated alkanes) is 3. The lowest BCUT2D eigenvalue weighted by Crippen LogP contribution is -2.30. The molecule has 7 heteroatoms. The molecule has 7 nitrogen and oxygen atoms in total. The number of aryl methyl sites for hydroxylation is 1. The van der Waals surface area contributed by atoms with Crippen molar-refractivity contribution >= 4 is 11.0 Å². The molecule has 2 aromatic heterocycles. The van der Waals surface area contributed by atoms with E-state index in [9.17, 15) is 4.79 Å². The van der Waals surface area contributed by atoms with Crippen LogP contribution in [0.15, 0.2) is 11.0 Å². The van der Waals surface area contributed by atoms with Gasteiger partial charge >= 0.3 is 0 Å². The van der Waals surface area contributed by atoms with Gasteiger partial charge in [-0.05, 0) is 13.0 Å². The van der Waals surface area contributed by atoms with E-state index in [1.807, 2.05) is 0 Å². The highest BCUT2D eigenvalue weighted by atomic mass is 16.1. The van der Waals surface area contributed by atoms with Crippen LogP contribution >= 0.6 is 0 Å². The van der Waals surface area contributed by atoms with Gasteiger partial charge in [0.1, 0.15) is 5.39 Å². The molecule has 2 heterocycles. The van der Waals surface area contributed by atoms with Gasteiger partial charge in [0, 0.05) is 13.6 Å². The molecule has 0 amide bonds. The van der Waals surface area contributed by atoms with E-state index in [2.05, 4.69) is 27.7 Å². The predicted molar refractivity (Wildman–Crippen MR) is 77.6 cm³/mol. The summed E-state index contributed by atoms with van der Waals surface area (Å²) in [7, 11) is 1.75. The highest BCUT2D eigenvalue weighted by molar-refractivity contribution is 5.72. The highest BCUT2D eigenvalue weighted by Crippen LogP contribution is 2.01. The Kier molecular flexibility index (Phi) is 5.23. The van der Waals surface area contributed by atoms with Gasteiger partial charge in [0.15, 0.2) is 5.65 Å². The molecule has 0 aliphatic heterocycles. The van der Waals surface area contributed by atoms with Crippen molar-refractivity contribution < 1.29 is 0 Å². The first-order valence-corrected chi connectivity index (χ1v) is 7.20. The Bertz CT molecular complexity index is 602. The Labute approximate surface area is 118 Å². The number of hydrogen-bond acceptors (Lipinski definition) is 5. The zero-order valence-electron chi connectivity index (χ0n) is 12.2. The van der Waals surface area contributed by atoms with Crippen molar-refractivity contribution in [2.24, 2.45) is 7.05 Å². The van der Waals surface area contributed by atoms with E-state index < -0.39 is 0 Å². The molecular weight excluding hydrogens is 256 g/mol. The van der Waals surface area contributed by atoms with Crippen LogP contribution in [0.2, 0.25) is 0 Å². The zero-order chi connectivity index (χ0) is 14.4. The lowest BCUT2D eigenvalue weighted by molar-refractivity contribution is 0.502. The molecule has 1 N–H and O–H groups in total. The molecule has 0 atom stereocenters. The highest BCUT2D eigenvalue weighted by Gasteiger charge is 2.08. The summed E-state index contributed by atoms with van der Waals surface area (Å²) in [5.74, 6) is 0. The van der Waals surface area contributed by atoms with Crippen LogP contribution in [0.5, 0.6) is 0 Å². The van der Waals surface area contributed by atoms with E-state index in [1.165, 1.54) is 30.4 Å². The smallest absolute Gasteiger partial charge is 0.280 e. The summed E-state index contributed by atoms with van der Waals surface area (Å²) in [4.78, 5) is 12.1. The third-order valence-corrected chi connectivity index (χ3v) is 3.33. The first kappa shape index (κ1) is 14.6. The van der Waals surface area contributed by atoms with E-state index in [1.54, 1.807) is 17.9 Å². The van der Waals surface area contributed by atoms with E-state index >= 15 is 0 Å². The monoisotopic (exact) mass is 278 g/mol. The van der Waals surface area contributed by atoms with Crippen molar-refractivity contribution in [2.75, 3.05) is 13.1 Å². The third kappa shape index (κ3) is 3.41. The van der Waals surface area contributed by atoms with E-state index in [4.69, 9.17) is 0 Å². The van der Waals surface area contributed by atoms with Gasteiger partial charge < -0.3 is 5.32 Å². The minimum atomic E-state index is -0.129. The molecule has 0 aliphatic rings. The van der Waals surface area contributed by atoms with Crippen LogP contribution in [-0.4, -0.2) is 37.9 Å². The van der Waals surface area contributed by atoms with Crippen molar-refractivity contribution in [3.63, 3.8) is 0 Å². The average Bonchev–Trinajstić information content (AvgIpc) is 2.82. The van der Waals surface area contributed by atoms with Crippen LogP contribution in [0.4, 0.5) is 0 Å². The van der Waals surface area contributed by atoms with Crippen molar-refractivity contribution in [1.82, 2.24) is 30.1 Å². The van der Waals surface area contributed by atoms with Crippen molar-refractivity contribution in [1.29, 1.82) is 0 Å². The van der Waals surface area contributed by atoms with Gasteiger partial charge in [0.25, 0.3) is 5.56 Å². The second-order valence-corrected chi connectivity index (χ2v) is 4.93. The number of hydrogen-bond donors (Lipinski definition) is 1.